The molecule has 8 unspecified atom stereocenters. The van der Waals surface area contributed by atoms with Crippen LogP contribution in [0.3, 0.4) is 0 Å². The summed E-state index contributed by atoms with van der Waals surface area (Å²) in [7, 11) is -2.93. The molecule has 0 bridgehead atoms. The molecule has 16 heteroatoms. The van der Waals surface area contributed by atoms with Crippen molar-refractivity contribution in [1.29, 1.82) is 0 Å². The van der Waals surface area contributed by atoms with Gasteiger partial charge < -0.3 is 19.7 Å². The van der Waals surface area contributed by atoms with Crippen molar-refractivity contribution in [3.63, 3.8) is 0 Å². The zero-order chi connectivity index (χ0) is 38.3. The van der Waals surface area contributed by atoms with E-state index in [1.165, 1.54) is 0 Å². The molecular weight excluding hydrogens is 972 g/mol. The van der Waals surface area contributed by atoms with Crippen molar-refractivity contribution >= 4 is 97.3 Å². The fourth-order valence-electron chi connectivity index (χ4n) is 5.18. The number of ether oxygens (including phenoxy) is 2. The zero-order valence-electron chi connectivity index (χ0n) is 27.8. The Kier molecular flexibility index (Phi) is 16.0. The van der Waals surface area contributed by atoms with Gasteiger partial charge in [0.05, 0.1) is 21.6 Å². The molecule has 0 radical (unpaired) electrons. The average Bonchev–Trinajstić information content (AvgIpc) is 3.09. The quantitative estimate of drug-likeness (QED) is 0.0707. The Hall–Kier alpha value is -2.12. The van der Waals surface area contributed by atoms with Crippen molar-refractivity contribution in [3.05, 3.63) is 114 Å². The highest BCUT2D eigenvalue weighted by molar-refractivity contribution is 9.11. The lowest BCUT2D eigenvalue weighted by Crippen LogP contribution is -2.45. The van der Waals surface area contributed by atoms with Crippen molar-refractivity contribution in [2.75, 3.05) is 0 Å². The van der Waals surface area contributed by atoms with E-state index in [0.29, 0.717) is 19.6 Å². The van der Waals surface area contributed by atoms with Crippen LogP contribution in [-0.2, 0) is 40.7 Å². The number of rotatable bonds is 15. The van der Waals surface area contributed by atoms with E-state index in [1.807, 2.05) is 38.1 Å². The Balaban J connectivity index is 1.28. The van der Waals surface area contributed by atoms with E-state index in [-0.39, 0.29) is 24.7 Å². The summed E-state index contributed by atoms with van der Waals surface area (Å²) in [5.74, 6) is -3.15. The normalized spacial score (nSPS) is 16.1. The van der Waals surface area contributed by atoms with Gasteiger partial charge >= 0.3 is 11.9 Å². The maximum atomic E-state index is 13.2. The Morgan fingerprint density at radius 3 is 1.25 bits per heavy atom. The second-order valence-electron chi connectivity index (χ2n) is 12.0. The van der Waals surface area contributed by atoms with E-state index in [9.17, 15) is 28.2 Å². The van der Waals surface area contributed by atoms with Crippen molar-refractivity contribution < 1.29 is 37.7 Å². The molecule has 0 aliphatic carbocycles. The highest BCUT2D eigenvalue weighted by Crippen LogP contribution is 2.30. The van der Waals surface area contributed by atoms with Crippen LogP contribution in [0.2, 0.25) is 0 Å². The molecule has 0 saturated heterocycles. The molecule has 0 aromatic heterocycles. The van der Waals surface area contributed by atoms with Crippen LogP contribution in [0.5, 0.6) is 0 Å². The standard InChI is InChI=1S/C36H36Br4N2O8S2/c1-19(21-5-3-7-27(11-21)51(47)29-15-23(37)13-24(38)16-29)9-31(41)49-35(45)33(43)34(44)36(46)50-32(42)10-20(2)22-6-4-8-28(12-22)52(48)30-17-25(39)14-26(40)18-30/h3-8,11-20,31-34,43-44H,9-10,41-42H2,1-2H3. The summed E-state index contributed by atoms with van der Waals surface area (Å²) in [6.07, 6.45) is -6.72. The Morgan fingerprint density at radius 2 is 0.923 bits per heavy atom. The molecule has 4 rings (SSSR count). The molecule has 10 nitrogen and oxygen atoms in total. The molecule has 52 heavy (non-hydrogen) atoms. The highest BCUT2D eigenvalue weighted by Gasteiger charge is 2.35. The third-order valence-corrected chi connectivity index (χ3v) is 12.4. The summed E-state index contributed by atoms with van der Waals surface area (Å²) in [5, 5.41) is 20.8. The van der Waals surface area contributed by atoms with Crippen LogP contribution < -0.4 is 11.5 Å². The predicted molar refractivity (Wildman–Crippen MR) is 212 cm³/mol. The summed E-state index contributed by atoms with van der Waals surface area (Å²) in [4.78, 5) is 27.6. The average molecular weight is 1010 g/mol. The van der Waals surface area contributed by atoms with Gasteiger partial charge in [-0.2, -0.15) is 0 Å². The summed E-state index contributed by atoms with van der Waals surface area (Å²) >= 11 is 13.6. The Morgan fingerprint density at radius 1 is 0.596 bits per heavy atom. The van der Waals surface area contributed by atoms with Gasteiger partial charge in [0.1, 0.15) is 0 Å². The first-order chi connectivity index (χ1) is 24.5. The largest absolute Gasteiger partial charge is 0.445 e. The summed E-state index contributed by atoms with van der Waals surface area (Å²) in [5.41, 5.74) is 13.7. The number of halogens is 4. The second-order valence-corrected chi connectivity index (χ2v) is 18.6. The van der Waals surface area contributed by atoms with Gasteiger partial charge in [-0.1, -0.05) is 102 Å². The van der Waals surface area contributed by atoms with Gasteiger partial charge in [0.25, 0.3) is 0 Å². The number of hydrogen-bond acceptors (Lipinski definition) is 10. The van der Waals surface area contributed by atoms with Gasteiger partial charge in [-0.3, -0.25) is 11.5 Å². The SMILES string of the molecule is CC(CC(N)OC(=O)C(O)C(O)C(=O)OC(N)CC(C)c1cccc(S(=O)c2cc(Br)cc(Br)c2)c1)c1cccc(S(=O)c2cc(Br)cc(Br)c2)c1. The van der Waals surface area contributed by atoms with E-state index in [4.69, 9.17) is 20.9 Å². The number of esters is 2. The molecule has 8 atom stereocenters. The minimum atomic E-state index is -2.28. The molecule has 278 valence electrons. The Bertz CT molecular complexity index is 1790. The molecule has 4 aromatic rings. The van der Waals surface area contributed by atoms with E-state index in [0.717, 1.165) is 29.0 Å². The first-order valence-electron chi connectivity index (χ1n) is 15.8. The number of hydrogen-bond donors (Lipinski definition) is 4. The smallest absolute Gasteiger partial charge is 0.339 e. The van der Waals surface area contributed by atoms with Crippen LogP contribution in [0, 0.1) is 0 Å². The Labute approximate surface area is 340 Å². The minimum absolute atomic E-state index is 0.121. The molecule has 0 amide bonds. The number of carbonyl (C=O) groups excluding carboxylic acids is 2. The van der Waals surface area contributed by atoms with Crippen molar-refractivity contribution in [3.8, 4) is 0 Å². The van der Waals surface area contributed by atoms with Crippen LogP contribution >= 0.6 is 63.7 Å². The topological polar surface area (TPSA) is 179 Å². The predicted octanol–water partition coefficient (Wildman–Crippen LogP) is 7.14. The molecule has 0 heterocycles. The van der Waals surface area contributed by atoms with Crippen LogP contribution in [0.15, 0.2) is 122 Å². The van der Waals surface area contributed by atoms with E-state index in [2.05, 4.69) is 63.7 Å². The lowest BCUT2D eigenvalue weighted by atomic mass is 9.97. The van der Waals surface area contributed by atoms with Gasteiger partial charge in [-0.05, 0) is 83.6 Å². The third-order valence-electron chi connectivity index (χ3n) is 7.87. The molecule has 6 N–H and O–H groups in total. The van der Waals surface area contributed by atoms with Gasteiger partial charge in [0.2, 0.25) is 0 Å². The number of benzene rings is 4. The molecular formula is C36H36Br4N2O8S2. The van der Waals surface area contributed by atoms with Crippen LogP contribution in [0.25, 0.3) is 0 Å². The van der Waals surface area contributed by atoms with Crippen LogP contribution in [0.1, 0.15) is 49.7 Å². The molecule has 0 aliphatic rings. The fraction of sp³-hybridized carbons (Fsp3) is 0.278. The summed E-state index contributed by atoms with van der Waals surface area (Å²) in [6, 6.07) is 25.0. The van der Waals surface area contributed by atoms with E-state index < -0.39 is 58.2 Å². The van der Waals surface area contributed by atoms with E-state index in [1.54, 1.807) is 60.7 Å². The van der Waals surface area contributed by atoms with Crippen molar-refractivity contribution in [2.24, 2.45) is 11.5 Å². The maximum absolute atomic E-state index is 13.2. The van der Waals surface area contributed by atoms with Crippen LogP contribution in [-0.4, -0.2) is 55.2 Å². The number of aliphatic hydroxyl groups excluding tert-OH is 2. The van der Waals surface area contributed by atoms with Gasteiger partial charge in [0.15, 0.2) is 24.7 Å². The lowest BCUT2D eigenvalue weighted by Gasteiger charge is -2.23. The van der Waals surface area contributed by atoms with Crippen molar-refractivity contribution in [2.45, 2.75) is 82.8 Å². The lowest BCUT2D eigenvalue weighted by molar-refractivity contribution is -0.179. The highest BCUT2D eigenvalue weighted by atomic mass is 79.9. The number of carbonyl (C=O) groups is 2. The number of nitrogens with two attached hydrogens (primary N) is 2. The third kappa shape index (κ3) is 11.9. The minimum Gasteiger partial charge on any atom is -0.445 e. The molecule has 0 spiro atoms. The first-order valence-corrected chi connectivity index (χ1v) is 21.2. The van der Waals surface area contributed by atoms with Crippen molar-refractivity contribution in [1.82, 2.24) is 0 Å². The fourth-order valence-corrected chi connectivity index (χ4v) is 10.7. The van der Waals surface area contributed by atoms with Gasteiger partial charge in [-0.25, -0.2) is 18.0 Å². The number of aliphatic hydroxyl groups is 2. The molecule has 0 saturated carbocycles. The second kappa shape index (κ2) is 19.5. The zero-order valence-corrected chi connectivity index (χ0v) is 35.8. The summed E-state index contributed by atoms with van der Waals surface area (Å²) < 4.78 is 39.9. The first kappa shape index (κ1) is 42.6. The molecule has 4 aromatic carbocycles. The van der Waals surface area contributed by atoms with Gasteiger partial charge in [0, 0.05) is 50.3 Å². The van der Waals surface area contributed by atoms with Gasteiger partial charge in [-0.15, -0.1) is 0 Å². The monoisotopic (exact) mass is 1000 g/mol. The maximum Gasteiger partial charge on any atom is 0.339 e. The van der Waals surface area contributed by atoms with Crippen LogP contribution in [0.4, 0.5) is 0 Å². The molecule has 0 aliphatic heterocycles. The van der Waals surface area contributed by atoms with E-state index >= 15 is 0 Å². The summed E-state index contributed by atoms with van der Waals surface area (Å²) in [6.45, 7) is 3.68. The molecule has 0 fully saturated rings.